The summed E-state index contributed by atoms with van der Waals surface area (Å²) in [5.74, 6) is -0.726. The Bertz CT molecular complexity index is 431. The third-order valence-electron chi connectivity index (χ3n) is 5.08. The molecule has 0 aliphatic rings. The SMILES string of the molecule is O=C(CCCCCCC/C=C\CCCCCCCC(=O)OC(CO)CO)OC(CO)CO. The van der Waals surface area contributed by atoms with Gasteiger partial charge in [-0.1, -0.05) is 50.7 Å². The minimum atomic E-state index is -0.802. The molecule has 0 rings (SSSR count). The van der Waals surface area contributed by atoms with Crippen LogP contribution in [0, 0.1) is 0 Å². The molecule has 0 aromatic rings. The Kier molecular flexibility index (Phi) is 21.7. The molecule has 0 aliphatic heterocycles. The van der Waals surface area contributed by atoms with E-state index in [1.807, 2.05) is 0 Å². The Hall–Kier alpha value is -1.48. The maximum Gasteiger partial charge on any atom is 0.306 e. The van der Waals surface area contributed by atoms with E-state index < -0.39 is 12.2 Å². The number of allylic oxidation sites excluding steroid dienone is 2. The van der Waals surface area contributed by atoms with Crippen LogP contribution in [0.25, 0.3) is 0 Å². The van der Waals surface area contributed by atoms with Crippen LogP contribution in [0.2, 0.25) is 0 Å². The molecular weight excluding hydrogens is 416 g/mol. The standard InChI is InChI=1S/C24H44O8/c25-17-21(18-26)31-23(29)15-13-11-9-7-5-3-1-2-4-6-8-10-12-14-16-24(30)32-22(19-27)20-28/h1-2,21-22,25-28H,3-20H2/b2-1-. The van der Waals surface area contributed by atoms with Crippen LogP contribution >= 0.6 is 0 Å². The molecule has 0 aromatic heterocycles. The summed E-state index contributed by atoms with van der Waals surface area (Å²) in [6, 6.07) is 0. The molecule has 0 aliphatic carbocycles. The number of esters is 2. The summed E-state index contributed by atoms with van der Waals surface area (Å²) in [6.07, 6.45) is 15.9. The fourth-order valence-electron chi connectivity index (χ4n) is 3.11. The summed E-state index contributed by atoms with van der Waals surface area (Å²) in [4.78, 5) is 23.0. The summed E-state index contributed by atoms with van der Waals surface area (Å²) >= 11 is 0. The largest absolute Gasteiger partial charge is 0.457 e. The Labute approximate surface area is 192 Å². The number of unbranched alkanes of at least 4 members (excludes halogenated alkanes) is 10. The second-order valence-electron chi connectivity index (χ2n) is 8.04. The Balaban J connectivity index is 3.38. The fourth-order valence-corrected chi connectivity index (χ4v) is 3.11. The van der Waals surface area contributed by atoms with Gasteiger partial charge in [0.05, 0.1) is 26.4 Å². The van der Waals surface area contributed by atoms with E-state index in [-0.39, 0.29) is 38.4 Å². The predicted octanol–water partition coefficient (Wildman–Crippen LogP) is 2.80. The first-order valence-electron chi connectivity index (χ1n) is 12.0. The number of aliphatic hydroxyl groups is 4. The average Bonchev–Trinajstić information content (AvgIpc) is 2.80. The van der Waals surface area contributed by atoms with Gasteiger partial charge in [0.1, 0.15) is 12.2 Å². The molecule has 0 bridgehead atoms. The molecule has 4 N–H and O–H groups in total. The molecule has 0 fully saturated rings. The van der Waals surface area contributed by atoms with E-state index in [1.165, 1.54) is 0 Å². The zero-order valence-corrected chi connectivity index (χ0v) is 19.5. The summed E-state index contributed by atoms with van der Waals surface area (Å²) in [6.45, 7) is -1.41. The van der Waals surface area contributed by atoms with E-state index in [1.54, 1.807) is 0 Å². The molecule has 0 heterocycles. The second kappa shape index (κ2) is 22.7. The quantitative estimate of drug-likeness (QED) is 0.110. The number of hydrogen-bond acceptors (Lipinski definition) is 8. The van der Waals surface area contributed by atoms with Gasteiger partial charge in [0, 0.05) is 12.8 Å². The van der Waals surface area contributed by atoms with E-state index in [9.17, 15) is 9.59 Å². The molecule has 188 valence electrons. The first-order valence-corrected chi connectivity index (χ1v) is 12.0. The maximum absolute atomic E-state index is 11.5. The Morgan fingerprint density at radius 2 is 0.844 bits per heavy atom. The van der Waals surface area contributed by atoms with Gasteiger partial charge in [0.15, 0.2) is 0 Å². The molecule has 0 spiro atoms. The smallest absolute Gasteiger partial charge is 0.306 e. The highest BCUT2D eigenvalue weighted by Gasteiger charge is 2.12. The van der Waals surface area contributed by atoms with E-state index in [4.69, 9.17) is 29.9 Å². The van der Waals surface area contributed by atoms with E-state index in [2.05, 4.69) is 12.2 Å². The highest BCUT2D eigenvalue weighted by atomic mass is 16.6. The predicted molar refractivity (Wildman–Crippen MR) is 122 cm³/mol. The van der Waals surface area contributed by atoms with Crippen molar-refractivity contribution in [2.24, 2.45) is 0 Å². The van der Waals surface area contributed by atoms with Crippen LogP contribution in [0.4, 0.5) is 0 Å². The van der Waals surface area contributed by atoms with Gasteiger partial charge in [-0.05, 0) is 38.5 Å². The lowest BCUT2D eigenvalue weighted by atomic mass is 10.1. The van der Waals surface area contributed by atoms with Crippen LogP contribution in [-0.2, 0) is 19.1 Å². The van der Waals surface area contributed by atoms with Crippen LogP contribution in [0.5, 0.6) is 0 Å². The van der Waals surface area contributed by atoms with E-state index >= 15 is 0 Å². The summed E-state index contributed by atoms with van der Waals surface area (Å²) in [5.41, 5.74) is 0. The Morgan fingerprint density at radius 3 is 1.19 bits per heavy atom. The normalized spacial score (nSPS) is 11.6. The van der Waals surface area contributed by atoms with Crippen LogP contribution in [0.3, 0.4) is 0 Å². The van der Waals surface area contributed by atoms with Crippen molar-refractivity contribution in [3.63, 3.8) is 0 Å². The number of carbonyl (C=O) groups is 2. The van der Waals surface area contributed by atoms with Crippen LogP contribution < -0.4 is 0 Å². The number of ether oxygens (including phenoxy) is 2. The van der Waals surface area contributed by atoms with Gasteiger partial charge >= 0.3 is 11.9 Å². The monoisotopic (exact) mass is 460 g/mol. The molecule has 0 saturated heterocycles. The van der Waals surface area contributed by atoms with Crippen LogP contribution in [0.15, 0.2) is 12.2 Å². The van der Waals surface area contributed by atoms with Crippen LogP contribution in [-0.4, -0.2) is 71.0 Å². The Morgan fingerprint density at radius 1 is 0.531 bits per heavy atom. The molecule has 0 amide bonds. The highest BCUT2D eigenvalue weighted by molar-refractivity contribution is 5.69. The molecule has 0 radical (unpaired) electrons. The third-order valence-corrected chi connectivity index (χ3v) is 5.08. The van der Waals surface area contributed by atoms with Gasteiger partial charge in [-0.3, -0.25) is 9.59 Å². The van der Waals surface area contributed by atoms with E-state index in [0.717, 1.165) is 77.0 Å². The zero-order chi connectivity index (χ0) is 23.9. The zero-order valence-electron chi connectivity index (χ0n) is 19.5. The molecular formula is C24H44O8. The summed E-state index contributed by atoms with van der Waals surface area (Å²) in [7, 11) is 0. The van der Waals surface area contributed by atoms with Gasteiger partial charge in [0.2, 0.25) is 0 Å². The van der Waals surface area contributed by atoms with Gasteiger partial charge in [-0.2, -0.15) is 0 Å². The lowest BCUT2D eigenvalue weighted by Crippen LogP contribution is -2.25. The molecule has 8 heteroatoms. The summed E-state index contributed by atoms with van der Waals surface area (Å²) < 4.78 is 9.83. The first kappa shape index (κ1) is 30.5. The number of carbonyl (C=O) groups excluding carboxylic acids is 2. The molecule has 0 aromatic carbocycles. The van der Waals surface area contributed by atoms with Crippen molar-refractivity contribution in [2.45, 2.75) is 102 Å². The topological polar surface area (TPSA) is 134 Å². The van der Waals surface area contributed by atoms with Gasteiger partial charge in [-0.15, -0.1) is 0 Å². The highest BCUT2D eigenvalue weighted by Crippen LogP contribution is 2.11. The fraction of sp³-hybridized carbons (Fsp3) is 0.833. The average molecular weight is 461 g/mol. The molecule has 8 nitrogen and oxygen atoms in total. The lowest BCUT2D eigenvalue weighted by Gasteiger charge is -2.12. The van der Waals surface area contributed by atoms with Crippen molar-refractivity contribution in [1.82, 2.24) is 0 Å². The lowest BCUT2D eigenvalue weighted by molar-refractivity contribution is -0.154. The number of hydrogen-bond donors (Lipinski definition) is 4. The van der Waals surface area contributed by atoms with Crippen molar-refractivity contribution in [2.75, 3.05) is 26.4 Å². The second-order valence-corrected chi connectivity index (χ2v) is 8.04. The number of aliphatic hydroxyl groups excluding tert-OH is 4. The molecule has 32 heavy (non-hydrogen) atoms. The van der Waals surface area contributed by atoms with Crippen molar-refractivity contribution in [3.05, 3.63) is 12.2 Å². The van der Waals surface area contributed by atoms with Gasteiger partial charge in [-0.25, -0.2) is 0 Å². The minimum Gasteiger partial charge on any atom is -0.457 e. The first-order chi connectivity index (χ1) is 15.6. The minimum absolute atomic E-state index is 0.328. The van der Waals surface area contributed by atoms with Crippen molar-refractivity contribution in [3.8, 4) is 0 Å². The third kappa shape index (κ3) is 19.2. The van der Waals surface area contributed by atoms with Crippen molar-refractivity contribution < 1.29 is 39.5 Å². The van der Waals surface area contributed by atoms with Crippen molar-refractivity contribution >= 4 is 11.9 Å². The van der Waals surface area contributed by atoms with Gasteiger partial charge in [0.25, 0.3) is 0 Å². The molecule has 0 saturated carbocycles. The maximum atomic E-state index is 11.5. The van der Waals surface area contributed by atoms with Gasteiger partial charge < -0.3 is 29.9 Å². The summed E-state index contributed by atoms with van der Waals surface area (Å²) in [5, 5.41) is 35.4. The van der Waals surface area contributed by atoms with Crippen molar-refractivity contribution in [1.29, 1.82) is 0 Å². The molecule has 0 unspecified atom stereocenters. The number of rotatable bonds is 22. The van der Waals surface area contributed by atoms with E-state index in [0.29, 0.717) is 12.8 Å². The van der Waals surface area contributed by atoms with Crippen LogP contribution in [0.1, 0.15) is 89.9 Å². The molecule has 0 atom stereocenters.